The number of likely N-dealkylation sites (N-methyl/N-ethyl adjacent to an activating group) is 1. The predicted molar refractivity (Wildman–Crippen MR) is 93.3 cm³/mol. The Balaban J connectivity index is 1.91. The van der Waals surface area contributed by atoms with Gasteiger partial charge in [0, 0.05) is 19.6 Å². The lowest BCUT2D eigenvalue weighted by molar-refractivity contribution is -0.151. The highest BCUT2D eigenvalue weighted by Gasteiger charge is 2.29. The molecule has 1 aliphatic rings. The first-order valence-corrected chi connectivity index (χ1v) is 8.94. The average molecular weight is 350 g/mol. The van der Waals surface area contributed by atoms with E-state index in [1.54, 1.807) is 17.9 Å². The van der Waals surface area contributed by atoms with Gasteiger partial charge in [-0.05, 0) is 44.0 Å². The van der Waals surface area contributed by atoms with Crippen molar-refractivity contribution in [1.29, 1.82) is 0 Å². The van der Waals surface area contributed by atoms with Crippen LogP contribution in [0.4, 0.5) is 4.39 Å². The topological polar surface area (TPSA) is 49.9 Å². The number of esters is 1. The van der Waals surface area contributed by atoms with Gasteiger partial charge in [0.15, 0.2) is 0 Å². The molecule has 6 heteroatoms. The summed E-state index contributed by atoms with van der Waals surface area (Å²) in [5.41, 5.74) is 0.845. The van der Waals surface area contributed by atoms with Crippen molar-refractivity contribution in [2.45, 2.75) is 33.2 Å². The smallest absolute Gasteiger partial charge is 0.310 e. The van der Waals surface area contributed by atoms with Crippen molar-refractivity contribution in [2.75, 3.05) is 32.8 Å². The fraction of sp³-hybridized carbons (Fsp3) is 0.579. The molecule has 0 bridgehead atoms. The molecule has 0 aliphatic carbocycles. The van der Waals surface area contributed by atoms with Gasteiger partial charge >= 0.3 is 5.97 Å². The van der Waals surface area contributed by atoms with Gasteiger partial charge in [0.1, 0.15) is 5.82 Å². The van der Waals surface area contributed by atoms with Crippen LogP contribution in [0.3, 0.4) is 0 Å². The summed E-state index contributed by atoms with van der Waals surface area (Å²) < 4.78 is 18.4. The number of piperidine rings is 1. The number of carbonyl (C=O) groups excluding carboxylic acids is 2. The normalized spacial score (nSPS) is 17.6. The maximum Gasteiger partial charge on any atom is 0.310 e. The van der Waals surface area contributed by atoms with Crippen LogP contribution in [0, 0.1) is 11.7 Å². The van der Waals surface area contributed by atoms with E-state index in [2.05, 4.69) is 0 Å². The number of nitrogens with zero attached hydrogens (tertiary/aromatic N) is 2. The van der Waals surface area contributed by atoms with Crippen LogP contribution in [0.5, 0.6) is 0 Å². The Bertz CT molecular complexity index is 594. The summed E-state index contributed by atoms with van der Waals surface area (Å²) in [6.45, 7) is 6.70. The van der Waals surface area contributed by atoms with Gasteiger partial charge in [-0.3, -0.25) is 14.5 Å². The fourth-order valence-electron chi connectivity index (χ4n) is 3.12. The highest BCUT2D eigenvalue weighted by atomic mass is 19.1. The number of carbonyl (C=O) groups is 2. The fourth-order valence-corrected chi connectivity index (χ4v) is 3.12. The molecule has 0 spiro atoms. The minimum Gasteiger partial charge on any atom is -0.466 e. The Morgan fingerprint density at radius 3 is 2.84 bits per heavy atom. The Labute approximate surface area is 148 Å². The molecule has 1 aromatic rings. The first kappa shape index (κ1) is 19.4. The van der Waals surface area contributed by atoms with Crippen molar-refractivity contribution in [3.05, 3.63) is 35.6 Å². The third-order valence-corrected chi connectivity index (χ3v) is 4.50. The lowest BCUT2D eigenvalue weighted by Crippen LogP contribution is -2.46. The largest absolute Gasteiger partial charge is 0.466 e. The highest BCUT2D eigenvalue weighted by molar-refractivity contribution is 5.80. The summed E-state index contributed by atoms with van der Waals surface area (Å²) in [7, 11) is 0. The lowest BCUT2D eigenvalue weighted by Gasteiger charge is -2.33. The van der Waals surface area contributed by atoms with Crippen LogP contribution in [-0.4, -0.2) is 54.5 Å². The van der Waals surface area contributed by atoms with Crippen molar-refractivity contribution in [2.24, 2.45) is 5.92 Å². The van der Waals surface area contributed by atoms with Crippen LogP contribution in [0.2, 0.25) is 0 Å². The first-order chi connectivity index (χ1) is 12.0. The zero-order valence-electron chi connectivity index (χ0n) is 15.0. The molecule has 0 radical (unpaired) electrons. The van der Waals surface area contributed by atoms with Crippen molar-refractivity contribution in [1.82, 2.24) is 9.80 Å². The number of ether oxygens (including phenoxy) is 1. The Morgan fingerprint density at radius 2 is 2.16 bits per heavy atom. The maximum absolute atomic E-state index is 13.3. The number of hydrogen-bond donors (Lipinski definition) is 0. The average Bonchev–Trinajstić information content (AvgIpc) is 2.61. The van der Waals surface area contributed by atoms with E-state index < -0.39 is 0 Å². The summed E-state index contributed by atoms with van der Waals surface area (Å²) in [6.07, 6.45) is 1.58. The first-order valence-electron chi connectivity index (χ1n) is 8.94. The molecular formula is C19H27FN2O3. The molecule has 2 rings (SSSR count). The monoisotopic (exact) mass is 350 g/mol. The van der Waals surface area contributed by atoms with Crippen LogP contribution in [-0.2, 0) is 20.9 Å². The second kappa shape index (κ2) is 9.51. The Kier molecular flexibility index (Phi) is 7.37. The number of hydrogen-bond acceptors (Lipinski definition) is 4. The third-order valence-electron chi connectivity index (χ3n) is 4.50. The third kappa shape index (κ3) is 5.81. The van der Waals surface area contributed by atoms with Gasteiger partial charge in [-0.25, -0.2) is 4.39 Å². The molecular weight excluding hydrogens is 323 g/mol. The zero-order valence-corrected chi connectivity index (χ0v) is 15.0. The number of benzene rings is 1. The second-order valence-corrected chi connectivity index (χ2v) is 6.36. The molecule has 5 nitrogen and oxygen atoms in total. The molecule has 1 amide bonds. The van der Waals surface area contributed by atoms with E-state index in [4.69, 9.17) is 4.74 Å². The second-order valence-electron chi connectivity index (χ2n) is 6.36. The zero-order chi connectivity index (χ0) is 18.2. The molecule has 1 aromatic carbocycles. The quantitative estimate of drug-likeness (QED) is 0.709. The van der Waals surface area contributed by atoms with Gasteiger partial charge in [0.05, 0.1) is 19.1 Å². The molecule has 0 N–H and O–H groups in total. The molecule has 1 heterocycles. The summed E-state index contributed by atoms with van der Waals surface area (Å²) in [5.74, 6) is -0.705. The number of rotatable bonds is 7. The molecule has 1 saturated heterocycles. The standard InChI is InChI=1S/C19H27FN2O3/c1-3-21(12-15-7-5-9-17(20)11-15)14-18(23)22-10-6-8-16(13-22)19(24)25-4-2/h5,7,9,11,16H,3-4,6,8,10,12-14H2,1-2H3. The van der Waals surface area contributed by atoms with E-state index >= 15 is 0 Å². The van der Waals surface area contributed by atoms with Crippen molar-refractivity contribution >= 4 is 11.9 Å². The SMILES string of the molecule is CCOC(=O)C1CCCN(C(=O)CN(CC)Cc2cccc(F)c2)C1. The van der Waals surface area contributed by atoms with Gasteiger partial charge in [-0.15, -0.1) is 0 Å². The van der Waals surface area contributed by atoms with Crippen molar-refractivity contribution in [3.8, 4) is 0 Å². The van der Waals surface area contributed by atoms with E-state index in [9.17, 15) is 14.0 Å². The van der Waals surface area contributed by atoms with Crippen LogP contribution in [0.1, 0.15) is 32.3 Å². The van der Waals surface area contributed by atoms with Crippen molar-refractivity contribution in [3.63, 3.8) is 0 Å². The molecule has 1 unspecified atom stereocenters. The predicted octanol–water partition coefficient (Wildman–Crippen LogP) is 2.45. The van der Waals surface area contributed by atoms with Crippen LogP contribution in [0.25, 0.3) is 0 Å². The minimum absolute atomic E-state index is 0.00671. The summed E-state index contributed by atoms with van der Waals surface area (Å²) in [5, 5.41) is 0. The summed E-state index contributed by atoms with van der Waals surface area (Å²) in [4.78, 5) is 28.2. The van der Waals surface area contributed by atoms with Gasteiger partial charge in [-0.1, -0.05) is 19.1 Å². The molecule has 1 atom stereocenters. The number of halogens is 1. The van der Waals surface area contributed by atoms with E-state index in [1.807, 2.05) is 17.9 Å². The Morgan fingerprint density at radius 1 is 1.36 bits per heavy atom. The van der Waals surface area contributed by atoms with Crippen LogP contribution >= 0.6 is 0 Å². The minimum atomic E-state index is -0.270. The molecule has 0 aromatic heterocycles. The van der Waals surface area contributed by atoms with Gasteiger partial charge in [0.25, 0.3) is 0 Å². The maximum atomic E-state index is 13.3. The van der Waals surface area contributed by atoms with E-state index in [0.29, 0.717) is 32.8 Å². The van der Waals surface area contributed by atoms with Gasteiger partial charge in [-0.2, -0.15) is 0 Å². The molecule has 25 heavy (non-hydrogen) atoms. The molecule has 1 aliphatic heterocycles. The molecule has 1 fully saturated rings. The van der Waals surface area contributed by atoms with Crippen molar-refractivity contribution < 1.29 is 18.7 Å². The van der Waals surface area contributed by atoms with Crippen LogP contribution < -0.4 is 0 Å². The molecule has 0 saturated carbocycles. The van der Waals surface area contributed by atoms with Gasteiger partial charge in [0.2, 0.25) is 5.91 Å². The Hall–Kier alpha value is -1.95. The van der Waals surface area contributed by atoms with E-state index in [1.165, 1.54) is 12.1 Å². The van der Waals surface area contributed by atoms with Crippen LogP contribution in [0.15, 0.2) is 24.3 Å². The number of amides is 1. The number of likely N-dealkylation sites (tertiary alicyclic amines) is 1. The highest BCUT2D eigenvalue weighted by Crippen LogP contribution is 2.18. The molecule has 138 valence electrons. The van der Waals surface area contributed by atoms with E-state index in [-0.39, 0.29) is 30.2 Å². The van der Waals surface area contributed by atoms with E-state index in [0.717, 1.165) is 18.4 Å². The lowest BCUT2D eigenvalue weighted by atomic mass is 9.98. The summed E-state index contributed by atoms with van der Waals surface area (Å²) in [6, 6.07) is 6.43. The summed E-state index contributed by atoms with van der Waals surface area (Å²) >= 11 is 0. The van der Waals surface area contributed by atoms with Gasteiger partial charge < -0.3 is 9.64 Å².